The Morgan fingerprint density at radius 1 is 1.41 bits per heavy atom. The highest BCUT2D eigenvalue weighted by molar-refractivity contribution is 6.74. The van der Waals surface area contributed by atoms with Gasteiger partial charge >= 0.3 is 6.09 Å². The van der Waals surface area contributed by atoms with Gasteiger partial charge in [-0.3, -0.25) is 4.90 Å². The highest BCUT2D eigenvalue weighted by Gasteiger charge is 2.43. The highest BCUT2D eigenvalue weighted by Crippen LogP contribution is 2.40. The van der Waals surface area contributed by atoms with Gasteiger partial charge in [0.25, 0.3) is 0 Å². The first-order valence-corrected chi connectivity index (χ1v) is 12.4. The second-order valence-corrected chi connectivity index (χ2v) is 12.7. The number of ether oxygens (including phenoxy) is 1. The lowest BCUT2D eigenvalue weighted by Crippen LogP contribution is -2.49. The Labute approximate surface area is 165 Å². The Balaban J connectivity index is 3.40. The summed E-state index contributed by atoms with van der Waals surface area (Å²) in [6.07, 6.45) is 6.47. The van der Waals surface area contributed by atoms with Gasteiger partial charge in [0.1, 0.15) is 11.8 Å². The zero-order chi connectivity index (χ0) is 20.7. The van der Waals surface area contributed by atoms with Gasteiger partial charge < -0.3 is 13.6 Å². The van der Waals surface area contributed by atoms with Crippen LogP contribution in [0.2, 0.25) is 18.1 Å². The molecule has 2 atom stereocenters. The van der Waals surface area contributed by atoms with Crippen LogP contribution in [0.4, 0.5) is 4.79 Å². The van der Waals surface area contributed by atoms with Gasteiger partial charge in [-0.15, -0.1) is 6.58 Å². The fourth-order valence-electron chi connectivity index (χ4n) is 2.52. The van der Waals surface area contributed by atoms with Crippen LogP contribution in [-0.4, -0.2) is 38.6 Å². The third kappa shape index (κ3) is 6.11. The average molecular weight is 394 g/mol. The molecule has 0 radical (unpaired) electrons. The maximum absolute atomic E-state index is 12.7. The van der Waals surface area contributed by atoms with Crippen LogP contribution in [0.5, 0.6) is 0 Å². The molecule has 0 aromatic carbocycles. The minimum atomic E-state index is -2.10. The Bertz CT molecular complexity index is 617. The molecular formula is C21H35NO4Si. The molecular weight excluding hydrogens is 358 g/mol. The van der Waals surface area contributed by atoms with Crippen molar-refractivity contribution in [3.05, 3.63) is 49.0 Å². The molecule has 0 aliphatic carbocycles. The number of carbonyl (C=O) groups excluding carboxylic acids is 1. The van der Waals surface area contributed by atoms with Crippen LogP contribution in [0.25, 0.3) is 0 Å². The number of hydrogen-bond acceptors (Lipinski definition) is 4. The first kappa shape index (κ1) is 23.2. The van der Waals surface area contributed by atoms with E-state index >= 15 is 0 Å². The summed E-state index contributed by atoms with van der Waals surface area (Å²) in [7, 11) is -2.10. The molecule has 0 bridgehead atoms. The summed E-state index contributed by atoms with van der Waals surface area (Å²) in [5.74, 6) is 0.659. The Kier molecular flexibility index (Phi) is 8.56. The van der Waals surface area contributed by atoms with Crippen molar-refractivity contribution in [1.82, 2.24) is 4.90 Å². The topological polar surface area (TPSA) is 51.9 Å². The zero-order valence-corrected chi connectivity index (χ0v) is 18.8. The third-order valence-electron chi connectivity index (χ3n) is 4.93. The van der Waals surface area contributed by atoms with Crippen LogP contribution in [0.15, 0.2) is 47.6 Å². The first-order valence-electron chi connectivity index (χ1n) is 9.47. The number of furan rings is 1. The molecule has 0 saturated heterocycles. The number of carbonyl (C=O) groups is 1. The van der Waals surface area contributed by atoms with E-state index in [1.807, 2.05) is 31.2 Å². The lowest BCUT2D eigenvalue weighted by Gasteiger charge is -2.42. The van der Waals surface area contributed by atoms with Crippen molar-refractivity contribution in [2.45, 2.75) is 64.9 Å². The number of rotatable bonds is 9. The van der Waals surface area contributed by atoms with Crippen LogP contribution in [0, 0.1) is 0 Å². The summed E-state index contributed by atoms with van der Waals surface area (Å²) >= 11 is 0. The summed E-state index contributed by atoms with van der Waals surface area (Å²) in [6.45, 7) is 19.2. The molecule has 1 heterocycles. The monoisotopic (exact) mass is 393 g/mol. The van der Waals surface area contributed by atoms with Crippen LogP contribution in [0.3, 0.4) is 0 Å². The standard InChI is InChI=1S/C21H35NO4Si/c1-9-13-18(26-27(7,8)21(4,5)6)19(17-14-12-16-25-17)22(15-10-2)20(23)24-11-3/h9-10,12-14,16,18-19H,2,11,15H2,1,3-8H3/b13-9+/t18-,19-/m1/s1. The summed E-state index contributed by atoms with van der Waals surface area (Å²) in [5.41, 5.74) is 0. The van der Waals surface area contributed by atoms with Crippen molar-refractivity contribution in [1.29, 1.82) is 0 Å². The molecule has 0 saturated carbocycles. The van der Waals surface area contributed by atoms with Gasteiger partial charge in [0.2, 0.25) is 0 Å². The molecule has 1 amide bonds. The smallest absolute Gasteiger partial charge is 0.410 e. The van der Waals surface area contributed by atoms with E-state index in [1.54, 1.807) is 24.2 Å². The minimum absolute atomic E-state index is 0.0355. The van der Waals surface area contributed by atoms with Gasteiger partial charge in [-0.25, -0.2) is 4.79 Å². The molecule has 0 aliphatic heterocycles. The Morgan fingerprint density at radius 3 is 2.52 bits per heavy atom. The number of hydrogen-bond donors (Lipinski definition) is 0. The van der Waals surface area contributed by atoms with E-state index in [2.05, 4.69) is 40.4 Å². The van der Waals surface area contributed by atoms with Crippen molar-refractivity contribution in [3.63, 3.8) is 0 Å². The predicted molar refractivity (Wildman–Crippen MR) is 112 cm³/mol. The summed E-state index contributed by atoms with van der Waals surface area (Å²) in [4.78, 5) is 14.3. The van der Waals surface area contributed by atoms with Crippen molar-refractivity contribution in [2.24, 2.45) is 0 Å². The molecule has 27 heavy (non-hydrogen) atoms. The second-order valence-electron chi connectivity index (χ2n) is 7.97. The van der Waals surface area contributed by atoms with E-state index in [0.717, 1.165) is 0 Å². The van der Waals surface area contributed by atoms with E-state index in [9.17, 15) is 4.79 Å². The van der Waals surface area contributed by atoms with Gasteiger partial charge in [-0.05, 0) is 44.1 Å². The molecule has 6 heteroatoms. The molecule has 0 N–H and O–H groups in total. The highest BCUT2D eigenvalue weighted by atomic mass is 28.4. The predicted octanol–water partition coefficient (Wildman–Crippen LogP) is 5.93. The molecule has 0 spiro atoms. The Hall–Kier alpha value is -1.79. The van der Waals surface area contributed by atoms with Crippen molar-refractivity contribution >= 4 is 14.4 Å². The van der Waals surface area contributed by atoms with Gasteiger partial charge in [0, 0.05) is 6.54 Å². The van der Waals surface area contributed by atoms with Crippen molar-refractivity contribution in [3.8, 4) is 0 Å². The van der Waals surface area contributed by atoms with Gasteiger partial charge in [-0.1, -0.05) is 39.0 Å². The van der Waals surface area contributed by atoms with Crippen molar-refractivity contribution < 1.29 is 18.4 Å². The van der Waals surface area contributed by atoms with E-state index in [-0.39, 0.29) is 11.1 Å². The molecule has 1 aromatic rings. The zero-order valence-electron chi connectivity index (χ0n) is 17.8. The molecule has 1 aromatic heterocycles. The molecule has 1 rings (SSSR count). The summed E-state index contributed by atoms with van der Waals surface area (Å²) < 4.78 is 17.7. The summed E-state index contributed by atoms with van der Waals surface area (Å²) in [6, 6.07) is 3.24. The lowest BCUT2D eigenvalue weighted by atomic mass is 10.1. The minimum Gasteiger partial charge on any atom is -0.467 e. The summed E-state index contributed by atoms with van der Waals surface area (Å²) in [5, 5.41) is 0.0355. The van der Waals surface area contributed by atoms with Crippen LogP contribution < -0.4 is 0 Å². The molecule has 0 fully saturated rings. The number of nitrogens with zero attached hydrogens (tertiary/aromatic N) is 1. The average Bonchev–Trinajstić information content (AvgIpc) is 3.07. The fourth-order valence-corrected chi connectivity index (χ4v) is 3.76. The number of allylic oxidation sites excluding steroid dienone is 1. The quantitative estimate of drug-likeness (QED) is 0.385. The fraction of sp³-hybridized carbons (Fsp3) is 0.571. The van der Waals surface area contributed by atoms with Gasteiger partial charge in [-0.2, -0.15) is 0 Å². The second kappa shape index (κ2) is 9.94. The van der Waals surface area contributed by atoms with Crippen LogP contribution >= 0.6 is 0 Å². The van der Waals surface area contributed by atoms with Gasteiger partial charge in [0.05, 0.1) is 19.0 Å². The molecule has 152 valence electrons. The molecule has 5 nitrogen and oxygen atoms in total. The Morgan fingerprint density at radius 2 is 2.07 bits per heavy atom. The number of amides is 1. The van der Waals surface area contributed by atoms with E-state index < -0.39 is 20.5 Å². The maximum Gasteiger partial charge on any atom is 0.410 e. The SMILES string of the molecule is C=CCN(C(=O)OCC)[C@H](c1ccco1)[C@@H](/C=C/C)O[Si](C)(C)C(C)(C)C. The van der Waals surface area contributed by atoms with Gasteiger partial charge in [0.15, 0.2) is 8.32 Å². The first-order chi connectivity index (χ1) is 12.6. The normalized spacial score (nSPS) is 14.8. The molecule has 0 aliphatic rings. The largest absolute Gasteiger partial charge is 0.467 e. The molecule has 0 unspecified atom stereocenters. The van der Waals surface area contributed by atoms with Crippen molar-refractivity contribution in [2.75, 3.05) is 13.2 Å². The lowest BCUT2D eigenvalue weighted by molar-refractivity contribution is 0.0529. The van der Waals surface area contributed by atoms with Crippen LogP contribution in [0.1, 0.15) is 46.4 Å². The van der Waals surface area contributed by atoms with E-state index in [1.165, 1.54) is 0 Å². The third-order valence-corrected chi connectivity index (χ3v) is 9.40. The van der Waals surface area contributed by atoms with Crippen LogP contribution in [-0.2, 0) is 9.16 Å². The van der Waals surface area contributed by atoms with E-state index in [4.69, 9.17) is 13.6 Å². The van der Waals surface area contributed by atoms with E-state index in [0.29, 0.717) is 18.9 Å². The maximum atomic E-state index is 12.7.